The number of halogens is 2. The van der Waals surface area contributed by atoms with Crippen molar-refractivity contribution in [2.45, 2.75) is 38.6 Å². The Morgan fingerprint density at radius 1 is 1.48 bits per heavy atom. The molecule has 4 nitrogen and oxygen atoms in total. The maximum absolute atomic E-state index is 13.9. The van der Waals surface area contributed by atoms with Gasteiger partial charge in [-0.3, -0.25) is 9.48 Å². The molecule has 0 unspecified atom stereocenters. The van der Waals surface area contributed by atoms with E-state index in [0.29, 0.717) is 22.8 Å². The van der Waals surface area contributed by atoms with Gasteiger partial charge >= 0.3 is 5.97 Å². The molecule has 0 radical (unpaired) electrons. The second-order valence-corrected chi connectivity index (χ2v) is 6.95. The molecule has 1 saturated carbocycles. The van der Waals surface area contributed by atoms with Gasteiger partial charge in [-0.1, -0.05) is 15.9 Å². The van der Waals surface area contributed by atoms with Crippen LogP contribution in [-0.4, -0.2) is 20.9 Å². The van der Waals surface area contributed by atoms with Crippen LogP contribution in [0.3, 0.4) is 0 Å². The van der Waals surface area contributed by atoms with Crippen molar-refractivity contribution in [1.82, 2.24) is 9.78 Å². The first-order chi connectivity index (χ1) is 9.89. The molecule has 112 valence electrons. The number of nitrogens with zero attached hydrogens (tertiary/aromatic N) is 2. The Bertz CT molecular complexity index is 705. The van der Waals surface area contributed by atoms with Crippen LogP contribution in [-0.2, 0) is 4.79 Å². The maximum Gasteiger partial charge on any atom is 0.309 e. The van der Waals surface area contributed by atoms with Gasteiger partial charge in [0.2, 0.25) is 0 Å². The summed E-state index contributed by atoms with van der Waals surface area (Å²) in [6.07, 6.45) is 4.58. The van der Waals surface area contributed by atoms with Crippen LogP contribution in [0.2, 0.25) is 0 Å². The molecule has 1 aliphatic rings. The first-order valence-electron chi connectivity index (χ1n) is 6.96. The monoisotopic (exact) mass is 354 g/mol. The van der Waals surface area contributed by atoms with Crippen molar-refractivity contribution in [1.29, 1.82) is 0 Å². The average molecular weight is 355 g/mol. The van der Waals surface area contributed by atoms with Crippen LogP contribution in [0.4, 0.5) is 4.39 Å². The van der Waals surface area contributed by atoms with Crippen molar-refractivity contribution in [2.24, 2.45) is 5.41 Å². The quantitative estimate of drug-likeness (QED) is 0.881. The average Bonchev–Trinajstić information content (AvgIpc) is 2.83. The highest BCUT2D eigenvalue weighted by Crippen LogP contribution is 2.41. The molecule has 2 aromatic rings. The Kier molecular flexibility index (Phi) is 3.51. The van der Waals surface area contributed by atoms with Crippen LogP contribution < -0.4 is 0 Å². The largest absolute Gasteiger partial charge is 0.481 e. The maximum atomic E-state index is 13.9. The van der Waals surface area contributed by atoms with Crippen molar-refractivity contribution in [3.63, 3.8) is 0 Å². The van der Waals surface area contributed by atoms with Crippen molar-refractivity contribution >= 4 is 32.8 Å². The summed E-state index contributed by atoms with van der Waals surface area (Å²) in [5.74, 6) is -1.08. The fraction of sp³-hybridized carbons (Fsp3) is 0.467. The van der Waals surface area contributed by atoms with Gasteiger partial charge in [0.1, 0.15) is 5.52 Å². The van der Waals surface area contributed by atoms with Gasteiger partial charge in [0.05, 0.1) is 11.5 Å². The third-order valence-electron chi connectivity index (χ3n) is 4.49. The highest BCUT2D eigenvalue weighted by atomic mass is 79.9. The smallest absolute Gasteiger partial charge is 0.309 e. The second kappa shape index (κ2) is 5.09. The van der Waals surface area contributed by atoms with E-state index in [1.807, 2.05) is 12.3 Å². The lowest BCUT2D eigenvalue weighted by atomic mass is 9.74. The van der Waals surface area contributed by atoms with E-state index in [4.69, 9.17) is 0 Å². The minimum atomic E-state index is -0.735. The Morgan fingerprint density at radius 2 is 2.14 bits per heavy atom. The van der Waals surface area contributed by atoms with E-state index in [1.54, 1.807) is 11.6 Å². The molecule has 21 heavy (non-hydrogen) atoms. The number of carboxylic acids is 1. The summed E-state index contributed by atoms with van der Waals surface area (Å²) in [7, 11) is 0. The third-order valence-corrected chi connectivity index (χ3v) is 4.95. The number of hydrogen-bond donors (Lipinski definition) is 1. The summed E-state index contributed by atoms with van der Waals surface area (Å²) in [6, 6.07) is 3.39. The fourth-order valence-corrected chi connectivity index (χ4v) is 3.43. The van der Waals surface area contributed by atoms with Gasteiger partial charge in [0.15, 0.2) is 5.82 Å². The number of aliphatic carboxylic acids is 1. The van der Waals surface area contributed by atoms with Crippen molar-refractivity contribution in [3.8, 4) is 0 Å². The predicted octanol–water partition coefficient (Wildman–Crippen LogP) is 4.14. The number of hydrogen-bond acceptors (Lipinski definition) is 2. The van der Waals surface area contributed by atoms with Crippen LogP contribution in [0, 0.1) is 11.2 Å². The SMILES string of the molecule is CC1(C(=O)O)CCC(n2cc3cc(Br)cc(F)c3n2)CC1. The lowest BCUT2D eigenvalue weighted by Gasteiger charge is -2.33. The van der Waals surface area contributed by atoms with Gasteiger partial charge in [-0.2, -0.15) is 5.10 Å². The number of carbonyl (C=O) groups is 1. The third kappa shape index (κ3) is 2.57. The van der Waals surface area contributed by atoms with Crippen LogP contribution in [0.1, 0.15) is 38.6 Å². The molecule has 1 aromatic carbocycles. The van der Waals surface area contributed by atoms with Gasteiger partial charge in [0, 0.05) is 16.1 Å². The van der Waals surface area contributed by atoms with Crippen LogP contribution >= 0.6 is 15.9 Å². The van der Waals surface area contributed by atoms with Crippen molar-refractivity contribution in [3.05, 3.63) is 28.6 Å². The molecule has 1 aliphatic carbocycles. The molecule has 0 amide bonds. The standard InChI is InChI=1S/C15H16BrFN2O2/c1-15(14(20)21)4-2-11(3-5-15)19-8-9-6-10(16)7-12(17)13(9)18-19/h6-8,11H,2-5H2,1H3,(H,20,21). The van der Waals surface area contributed by atoms with Crippen molar-refractivity contribution in [2.75, 3.05) is 0 Å². The lowest BCUT2D eigenvalue weighted by molar-refractivity contribution is -0.150. The van der Waals surface area contributed by atoms with E-state index in [-0.39, 0.29) is 11.9 Å². The second-order valence-electron chi connectivity index (χ2n) is 6.03. The number of carboxylic acid groups (broad SMARTS) is 1. The molecule has 1 heterocycles. The number of rotatable bonds is 2. The zero-order valence-corrected chi connectivity index (χ0v) is 13.2. The van der Waals surface area contributed by atoms with E-state index in [2.05, 4.69) is 21.0 Å². The summed E-state index contributed by atoms with van der Waals surface area (Å²) in [6.45, 7) is 1.79. The molecular formula is C15H16BrFN2O2. The molecule has 1 fully saturated rings. The van der Waals surface area contributed by atoms with Gasteiger partial charge in [-0.05, 0) is 44.7 Å². The van der Waals surface area contributed by atoms with Gasteiger partial charge in [-0.25, -0.2) is 4.39 Å². The summed E-state index contributed by atoms with van der Waals surface area (Å²) >= 11 is 3.28. The molecule has 0 aliphatic heterocycles. The number of benzene rings is 1. The summed E-state index contributed by atoms with van der Waals surface area (Å²) in [5.41, 5.74) is -0.276. The molecule has 6 heteroatoms. The van der Waals surface area contributed by atoms with Crippen LogP contribution in [0.25, 0.3) is 10.9 Å². The molecule has 0 bridgehead atoms. The molecule has 0 saturated heterocycles. The predicted molar refractivity (Wildman–Crippen MR) is 80.6 cm³/mol. The molecular weight excluding hydrogens is 339 g/mol. The Hall–Kier alpha value is -1.43. The normalized spacial score (nSPS) is 26.1. The Balaban J connectivity index is 1.86. The Morgan fingerprint density at radius 3 is 2.76 bits per heavy atom. The lowest BCUT2D eigenvalue weighted by Crippen LogP contribution is -2.33. The van der Waals surface area contributed by atoms with Gasteiger partial charge in [-0.15, -0.1) is 0 Å². The topological polar surface area (TPSA) is 55.1 Å². The van der Waals surface area contributed by atoms with E-state index >= 15 is 0 Å². The highest BCUT2D eigenvalue weighted by Gasteiger charge is 2.38. The van der Waals surface area contributed by atoms with Gasteiger partial charge < -0.3 is 5.11 Å². The van der Waals surface area contributed by atoms with E-state index in [9.17, 15) is 14.3 Å². The minimum absolute atomic E-state index is 0.142. The molecule has 3 rings (SSSR count). The number of aromatic nitrogens is 2. The summed E-state index contributed by atoms with van der Waals surface area (Å²) < 4.78 is 16.4. The zero-order chi connectivity index (χ0) is 15.2. The van der Waals surface area contributed by atoms with Crippen molar-refractivity contribution < 1.29 is 14.3 Å². The van der Waals surface area contributed by atoms with Crippen LogP contribution in [0.5, 0.6) is 0 Å². The Labute approximate surface area is 130 Å². The van der Waals surface area contributed by atoms with E-state index in [0.717, 1.165) is 18.2 Å². The van der Waals surface area contributed by atoms with Crippen LogP contribution in [0.15, 0.2) is 22.8 Å². The highest BCUT2D eigenvalue weighted by molar-refractivity contribution is 9.10. The van der Waals surface area contributed by atoms with E-state index in [1.165, 1.54) is 6.07 Å². The molecule has 1 aromatic heterocycles. The van der Waals surface area contributed by atoms with E-state index < -0.39 is 11.4 Å². The summed E-state index contributed by atoms with van der Waals surface area (Å²) in [5, 5.41) is 14.4. The first kappa shape index (κ1) is 14.5. The zero-order valence-electron chi connectivity index (χ0n) is 11.6. The first-order valence-corrected chi connectivity index (χ1v) is 7.76. The minimum Gasteiger partial charge on any atom is -0.481 e. The molecule has 0 atom stereocenters. The van der Waals surface area contributed by atoms with Gasteiger partial charge in [0.25, 0.3) is 0 Å². The summed E-state index contributed by atoms with van der Waals surface area (Å²) in [4.78, 5) is 11.3. The number of fused-ring (bicyclic) bond motifs is 1. The molecule has 0 spiro atoms. The molecule has 1 N–H and O–H groups in total. The fourth-order valence-electron chi connectivity index (χ4n) is 2.98.